The second kappa shape index (κ2) is 9.65. The number of nitrogen functional groups attached to an aromatic ring is 1. The van der Waals surface area contributed by atoms with Crippen molar-refractivity contribution in [2.75, 3.05) is 17.7 Å². The van der Waals surface area contributed by atoms with Crippen molar-refractivity contribution in [2.45, 2.75) is 51.6 Å². The molecule has 0 radical (unpaired) electrons. The van der Waals surface area contributed by atoms with Crippen LogP contribution in [0.5, 0.6) is 5.75 Å². The number of fused-ring (bicyclic) bond motifs is 1. The van der Waals surface area contributed by atoms with Gasteiger partial charge in [-0.05, 0) is 57.4 Å². The number of aromatic amines is 1. The Labute approximate surface area is 203 Å². The number of tetrazole rings is 1. The molecular formula is C25H30N8O2. The summed E-state index contributed by atoms with van der Waals surface area (Å²) in [6.45, 7) is 4.31. The molecule has 10 heteroatoms. The SMILES string of the molecule is CC(C)NC(=O)Nc1ccc(-c2c(N)c3ccc(OCCc4nn[nH]n4)cc3n2C2CCC2)cc1. The van der Waals surface area contributed by atoms with Crippen molar-refractivity contribution in [3.63, 3.8) is 0 Å². The van der Waals surface area contributed by atoms with Crippen molar-refractivity contribution in [1.82, 2.24) is 30.5 Å². The van der Waals surface area contributed by atoms with Gasteiger partial charge in [0.15, 0.2) is 5.82 Å². The number of carbonyl (C=O) groups is 1. The second-order valence-corrected chi connectivity index (χ2v) is 9.15. The highest BCUT2D eigenvalue weighted by Crippen LogP contribution is 2.44. The largest absolute Gasteiger partial charge is 0.493 e. The number of urea groups is 1. The van der Waals surface area contributed by atoms with Crippen LogP contribution in [0.1, 0.15) is 45.0 Å². The zero-order chi connectivity index (χ0) is 24.4. The number of hydrogen-bond acceptors (Lipinski definition) is 6. The van der Waals surface area contributed by atoms with Crippen LogP contribution in [0.3, 0.4) is 0 Å². The lowest BCUT2D eigenvalue weighted by atomic mass is 9.92. The first-order valence-corrected chi connectivity index (χ1v) is 12.0. The molecule has 1 saturated carbocycles. The molecule has 10 nitrogen and oxygen atoms in total. The number of nitrogens with zero attached hydrogens (tertiary/aromatic N) is 4. The molecule has 2 heterocycles. The Morgan fingerprint density at radius 1 is 1.23 bits per heavy atom. The van der Waals surface area contributed by atoms with Gasteiger partial charge in [-0.1, -0.05) is 17.3 Å². The van der Waals surface area contributed by atoms with Gasteiger partial charge >= 0.3 is 6.03 Å². The van der Waals surface area contributed by atoms with Crippen LogP contribution in [0.4, 0.5) is 16.2 Å². The molecule has 2 amide bonds. The Morgan fingerprint density at radius 3 is 2.69 bits per heavy atom. The number of anilines is 2. The van der Waals surface area contributed by atoms with E-state index < -0.39 is 0 Å². The van der Waals surface area contributed by atoms with Crippen LogP contribution in [0.2, 0.25) is 0 Å². The molecule has 1 aliphatic carbocycles. The van der Waals surface area contributed by atoms with Gasteiger partial charge in [0.25, 0.3) is 0 Å². The predicted octanol–water partition coefficient (Wildman–Crippen LogP) is 4.28. The number of ether oxygens (including phenoxy) is 1. The topological polar surface area (TPSA) is 136 Å². The molecule has 35 heavy (non-hydrogen) atoms. The summed E-state index contributed by atoms with van der Waals surface area (Å²) >= 11 is 0. The maximum atomic E-state index is 12.0. The van der Waals surface area contributed by atoms with Crippen LogP contribution in [0.25, 0.3) is 22.2 Å². The fourth-order valence-corrected chi connectivity index (χ4v) is 4.41. The van der Waals surface area contributed by atoms with Crippen LogP contribution in [-0.2, 0) is 6.42 Å². The number of nitrogens with one attached hydrogen (secondary N) is 3. The van der Waals surface area contributed by atoms with E-state index in [1.54, 1.807) is 0 Å². The highest BCUT2D eigenvalue weighted by atomic mass is 16.5. The zero-order valence-electron chi connectivity index (χ0n) is 19.9. The number of H-pyrrole nitrogens is 1. The molecule has 5 N–H and O–H groups in total. The summed E-state index contributed by atoms with van der Waals surface area (Å²) in [5.41, 5.74) is 11.3. The van der Waals surface area contributed by atoms with Gasteiger partial charge in [0.1, 0.15) is 5.75 Å². The molecule has 0 saturated heterocycles. The molecule has 0 spiro atoms. The van der Waals surface area contributed by atoms with Crippen molar-refractivity contribution >= 4 is 28.3 Å². The van der Waals surface area contributed by atoms with Crippen LogP contribution in [0, 0.1) is 0 Å². The number of rotatable bonds is 8. The standard InChI is InChI=1S/C25H30N8O2/c1-15(2)27-25(34)28-17-8-6-16(7-9-17)24-23(26)20-11-10-19(35-13-12-22-29-31-32-30-22)14-21(20)33(24)18-4-3-5-18/h6-11,14-15,18H,3-5,12-13,26H2,1-2H3,(H2,27,28,34)(H,29,30,31,32). The van der Waals surface area contributed by atoms with Crippen molar-refractivity contribution in [1.29, 1.82) is 0 Å². The maximum Gasteiger partial charge on any atom is 0.319 e. The number of benzene rings is 2. The summed E-state index contributed by atoms with van der Waals surface area (Å²) < 4.78 is 8.34. The Balaban J connectivity index is 1.43. The summed E-state index contributed by atoms with van der Waals surface area (Å²) in [4.78, 5) is 12.0. The number of hydrogen-bond donors (Lipinski definition) is 4. The fourth-order valence-electron chi connectivity index (χ4n) is 4.41. The third kappa shape index (κ3) is 4.77. The number of nitrogens with two attached hydrogens (primary N) is 1. The molecule has 2 aromatic carbocycles. The first-order valence-electron chi connectivity index (χ1n) is 12.0. The Bertz CT molecular complexity index is 1310. The van der Waals surface area contributed by atoms with Gasteiger partial charge in [-0.15, -0.1) is 10.2 Å². The first-order chi connectivity index (χ1) is 17.0. The Kier molecular flexibility index (Phi) is 6.26. The van der Waals surface area contributed by atoms with Gasteiger partial charge in [-0.2, -0.15) is 5.21 Å². The number of aromatic nitrogens is 5. The molecule has 0 aliphatic heterocycles. The average Bonchev–Trinajstić information content (AvgIpc) is 3.40. The third-order valence-electron chi connectivity index (χ3n) is 6.27. The van der Waals surface area contributed by atoms with Crippen LogP contribution < -0.4 is 21.1 Å². The normalized spacial score (nSPS) is 13.7. The van der Waals surface area contributed by atoms with Crippen molar-refractivity contribution in [3.05, 3.63) is 48.3 Å². The van der Waals surface area contributed by atoms with E-state index in [9.17, 15) is 4.79 Å². The first kappa shape index (κ1) is 22.7. The van der Waals surface area contributed by atoms with Gasteiger partial charge < -0.3 is 25.7 Å². The van der Waals surface area contributed by atoms with E-state index in [4.69, 9.17) is 10.5 Å². The zero-order valence-corrected chi connectivity index (χ0v) is 19.9. The smallest absolute Gasteiger partial charge is 0.319 e. The van der Waals surface area contributed by atoms with E-state index in [1.807, 2.05) is 50.2 Å². The number of amides is 2. The predicted molar refractivity (Wildman–Crippen MR) is 135 cm³/mol. The third-order valence-corrected chi connectivity index (χ3v) is 6.27. The molecule has 0 unspecified atom stereocenters. The molecule has 5 rings (SSSR count). The second-order valence-electron chi connectivity index (χ2n) is 9.15. The molecule has 4 aromatic rings. The number of carbonyl (C=O) groups excluding carboxylic acids is 1. The lowest BCUT2D eigenvalue weighted by molar-refractivity contribution is 0.250. The van der Waals surface area contributed by atoms with Crippen LogP contribution >= 0.6 is 0 Å². The lowest BCUT2D eigenvalue weighted by Gasteiger charge is -2.30. The highest BCUT2D eigenvalue weighted by Gasteiger charge is 2.27. The fraction of sp³-hybridized carbons (Fsp3) is 0.360. The molecule has 1 fully saturated rings. The Hall–Kier alpha value is -4.08. The van der Waals surface area contributed by atoms with Crippen molar-refractivity contribution in [2.24, 2.45) is 0 Å². The van der Waals surface area contributed by atoms with Gasteiger partial charge in [0.2, 0.25) is 0 Å². The summed E-state index contributed by atoms with van der Waals surface area (Å²) in [6, 6.07) is 14.1. The van der Waals surface area contributed by atoms with Crippen LogP contribution in [0.15, 0.2) is 42.5 Å². The molecular weight excluding hydrogens is 444 g/mol. The van der Waals surface area contributed by atoms with E-state index in [0.717, 1.165) is 52.1 Å². The molecule has 0 atom stereocenters. The van der Waals surface area contributed by atoms with Gasteiger partial charge in [-0.3, -0.25) is 0 Å². The monoisotopic (exact) mass is 474 g/mol. The minimum absolute atomic E-state index is 0.0695. The molecule has 0 bridgehead atoms. The van der Waals surface area contributed by atoms with E-state index in [1.165, 1.54) is 6.42 Å². The summed E-state index contributed by atoms with van der Waals surface area (Å²) in [6.07, 6.45) is 4.02. The summed E-state index contributed by atoms with van der Waals surface area (Å²) in [5, 5.41) is 20.7. The van der Waals surface area contributed by atoms with E-state index >= 15 is 0 Å². The summed E-state index contributed by atoms with van der Waals surface area (Å²) in [7, 11) is 0. The molecule has 182 valence electrons. The molecule has 1 aliphatic rings. The van der Waals surface area contributed by atoms with Crippen molar-refractivity contribution in [3.8, 4) is 17.0 Å². The minimum atomic E-state index is -0.220. The van der Waals surface area contributed by atoms with Crippen molar-refractivity contribution < 1.29 is 9.53 Å². The van der Waals surface area contributed by atoms with Crippen LogP contribution in [-0.4, -0.2) is 43.9 Å². The highest BCUT2D eigenvalue weighted by molar-refractivity contribution is 6.02. The van der Waals surface area contributed by atoms with E-state index in [0.29, 0.717) is 24.9 Å². The minimum Gasteiger partial charge on any atom is -0.493 e. The Morgan fingerprint density at radius 2 is 2.03 bits per heavy atom. The van der Waals surface area contributed by atoms with E-state index in [2.05, 4.69) is 41.9 Å². The van der Waals surface area contributed by atoms with Gasteiger partial charge in [0, 0.05) is 41.2 Å². The lowest BCUT2D eigenvalue weighted by Crippen LogP contribution is -2.34. The quantitative estimate of drug-likeness (QED) is 0.301. The van der Waals surface area contributed by atoms with Gasteiger partial charge in [0.05, 0.1) is 23.5 Å². The van der Waals surface area contributed by atoms with Gasteiger partial charge in [-0.25, -0.2) is 4.79 Å². The maximum absolute atomic E-state index is 12.0. The summed E-state index contributed by atoms with van der Waals surface area (Å²) in [5.74, 6) is 1.40. The molecule has 2 aromatic heterocycles. The van der Waals surface area contributed by atoms with E-state index in [-0.39, 0.29) is 12.1 Å². The average molecular weight is 475 g/mol.